The Bertz CT molecular complexity index is 1830. The van der Waals surface area contributed by atoms with E-state index in [0.29, 0.717) is 29.5 Å². The van der Waals surface area contributed by atoms with E-state index >= 15 is 0 Å². The molecule has 0 fully saturated rings. The Morgan fingerprint density at radius 2 is 1.93 bits per heavy atom. The summed E-state index contributed by atoms with van der Waals surface area (Å²) in [5.74, 6) is 0.707. The first-order valence-corrected chi connectivity index (χ1v) is 14.3. The Labute approximate surface area is 248 Å². The molecule has 0 radical (unpaired) electrons. The van der Waals surface area contributed by atoms with Crippen LogP contribution in [0.2, 0.25) is 0 Å². The fraction of sp³-hybridized carbons (Fsp3) is 0.219. The van der Waals surface area contributed by atoms with Crippen LogP contribution in [-0.4, -0.2) is 40.8 Å². The van der Waals surface area contributed by atoms with Gasteiger partial charge in [0.25, 0.3) is 5.91 Å². The number of methoxy groups -OCH3 is 1. The molecule has 42 heavy (non-hydrogen) atoms. The lowest BCUT2D eigenvalue weighted by molar-refractivity contribution is 0.0534. The van der Waals surface area contributed by atoms with Crippen LogP contribution in [0.15, 0.2) is 66.2 Å². The number of pyridine rings is 1. The van der Waals surface area contributed by atoms with E-state index in [-0.39, 0.29) is 5.91 Å². The third-order valence-electron chi connectivity index (χ3n) is 6.66. The van der Waals surface area contributed by atoms with Crippen molar-refractivity contribution in [3.05, 3.63) is 77.4 Å². The number of carbonyl (C=O) groups excluding carboxylic acids is 2. The fourth-order valence-electron chi connectivity index (χ4n) is 4.72. The van der Waals surface area contributed by atoms with Crippen molar-refractivity contribution >= 4 is 61.9 Å². The van der Waals surface area contributed by atoms with Gasteiger partial charge in [0.15, 0.2) is 0 Å². The molecule has 0 saturated carbocycles. The van der Waals surface area contributed by atoms with E-state index in [1.165, 1.54) is 0 Å². The molecule has 0 unspecified atom stereocenters. The largest absolute Gasteiger partial charge is 0.495 e. The number of nitrogen functional groups attached to an aromatic ring is 1. The summed E-state index contributed by atoms with van der Waals surface area (Å²) in [6.45, 7) is 5.76. The zero-order valence-electron chi connectivity index (χ0n) is 24.1. The van der Waals surface area contributed by atoms with Gasteiger partial charge >= 0.3 is 6.09 Å². The van der Waals surface area contributed by atoms with Gasteiger partial charge < -0.3 is 30.4 Å². The minimum atomic E-state index is -0.558. The van der Waals surface area contributed by atoms with Crippen LogP contribution in [0, 0.1) is 0 Å². The summed E-state index contributed by atoms with van der Waals surface area (Å²) < 4.78 is 13.8. The van der Waals surface area contributed by atoms with Gasteiger partial charge in [-0.25, -0.2) is 9.78 Å². The van der Waals surface area contributed by atoms with Gasteiger partial charge in [-0.2, -0.15) is 0 Å². The number of hydrogen-bond donors (Lipinski definition) is 3. The molecule has 0 saturated heterocycles. The highest BCUT2D eigenvalue weighted by atomic mass is 32.1. The van der Waals surface area contributed by atoms with Crippen molar-refractivity contribution in [1.29, 1.82) is 0 Å². The van der Waals surface area contributed by atoms with E-state index in [0.717, 1.165) is 37.7 Å². The van der Waals surface area contributed by atoms with E-state index in [1.807, 2.05) is 98.4 Å². The molecule has 0 spiro atoms. The third kappa shape index (κ3) is 5.94. The number of nitrogens with one attached hydrogen (secondary N) is 2. The van der Waals surface area contributed by atoms with Gasteiger partial charge in [-0.1, -0.05) is 36.4 Å². The highest BCUT2D eigenvalue weighted by molar-refractivity contribution is 7.18. The molecule has 3 aromatic heterocycles. The number of aromatic nitrogens is 2. The van der Waals surface area contributed by atoms with Crippen LogP contribution >= 0.6 is 11.3 Å². The normalized spacial score (nSPS) is 11.7. The van der Waals surface area contributed by atoms with E-state index in [9.17, 15) is 9.59 Å². The number of fused-ring (bicyclic) bond motifs is 2. The second-order valence-corrected chi connectivity index (χ2v) is 11.6. The molecule has 4 N–H and O–H groups in total. The Kier molecular flexibility index (Phi) is 7.91. The molecule has 0 atom stereocenters. The number of amides is 2. The van der Waals surface area contributed by atoms with Gasteiger partial charge in [0.05, 0.1) is 12.8 Å². The lowest BCUT2D eigenvalue weighted by Crippen LogP contribution is -2.32. The number of hydrogen-bond acceptors (Lipinski definition) is 7. The maximum atomic E-state index is 13.2. The first-order valence-electron chi connectivity index (χ1n) is 13.4. The Morgan fingerprint density at radius 3 is 2.67 bits per heavy atom. The lowest BCUT2D eigenvalue weighted by atomic mass is 10.0. The number of anilines is 2. The minimum Gasteiger partial charge on any atom is -0.495 e. The average Bonchev–Trinajstić information content (AvgIpc) is 3.54. The van der Waals surface area contributed by atoms with Crippen LogP contribution in [0.4, 0.5) is 16.3 Å². The molecular formula is C32H33N5O4S. The number of ether oxygens (including phenoxy) is 2. The molecule has 0 aliphatic carbocycles. The Balaban J connectivity index is 1.38. The van der Waals surface area contributed by atoms with Crippen LogP contribution < -0.4 is 21.1 Å². The summed E-state index contributed by atoms with van der Waals surface area (Å²) in [6.07, 6.45) is 4.98. The number of alkyl carbamates (subject to hydrolysis) is 1. The third-order valence-corrected chi connectivity index (χ3v) is 7.69. The standard InChI is InChI=1S/C32H33N5O4S/c1-32(2,3)41-31(39)34-14-8-10-21-17-35-29(33)27-22(18-42-28(21)27)19-12-13-23(26(16-19)40-5)36-30(38)25-15-20-9-6-7-11-24(20)37(25)4/h6-13,15-18H,14H2,1-5H3,(H2,33,35)(H,34,39)(H,36,38)/b10-8+. The van der Waals surface area contributed by atoms with Gasteiger partial charge in [-0.15, -0.1) is 11.3 Å². The lowest BCUT2D eigenvalue weighted by Gasteiger charge is -2.19. The SMILES string of the molecule is COc1cc(-c2csc3c(/C=C/CNC(=O)OC(C)(C)C)cnc(N)c23)ccc1NC(=O)c1cc2ccccc2n1C. The molecule has 2 aromatic carbocycles. The first-order chi connectivity index (χ1) is 20.1. The van der Waals surface area contributed by atoms with Crippen molar-refractivity contribution in [2.45, 2.75) is 26.4 Å². The second kappa shape index (κ2) is 11.6. The molecule has 0 aliphatic rings. The predicted octanol–water partition coefficient (Wildman–Crippen LogP) is 6.84. The van der Waals surface area contributed by atoms with Crippen LogP contribution in [0.1, 0.15) is 36.8 Å². The van der Waals surface area contributed by atoms with E-state index in [1.54, 1.807) is 24.6 Å². The van der Waals surface area contributed by atoms with Gasteiger partial charge in [0.2, 0.25) is 0 Å². The monoisotopic (exact) mass is 583 g/mol. The van der Waals surface area contributed by atoms with Gasteiger partial charge in [-0.3, -0.25) is 4.79 Å². The fourth-order valence-corrected chi connectivity index (χ4v) is 5.79. The van der Waals surface area contributed by atoms with Crippen molar-refractivity contribution in [2.24, 2.45) is 7.05 Å². The van der Waals surface area contributed by atoms with E-state index < -0.39 is 11.7 Å². The van der Waals surface area contributed by atoms with Crippen LogP contribution in [0.3, 0.4) is 0 Å². The van der Waals surface area contributed by atoms with Crippen molar-refractivity contribution in [3.8, 4) is 16.9 Å². The molecule has 9 nitrogen and oxygen atoms in total. The summed E-state index contributed by atoms with van der Waals surface area (Å²) in [5, 5.41) is 9.56. The number of carbonyl (C=O) groups is 2. The highest BCUT2D eigenvalue weighted by Gasteiger charge is 2.18. The highest BCUT2D eigenvalue weighted by Crippen LogP contribution is 2.41. The van der Waals surface area contributed by atoms with Crippen LogP contribution in [0.5, 0.6) is 5.75 Å². The molecule has 5 aromatic rings. The Morgan fingerprint density at radius 1 is 1.14 bits per heavy atom. The molecule has 216 valence electrons. The maximum Gasteiger partial charge on any atom is 0.407 e. The van der Waals surface area contributed by atoms with Crippen LogP contribution in [0.25, 0.3) is 38.2 Å². The second-order valence-electron chi connectivity index (χ2n) is 10.8. The first kappa shape index (κ1) is 28.7. The van der Waals surface area contributed by atoms with Crippen molar-refractivity contribution in [2.75, 3.05) is 24.7 Å². The number of nitrogens with two attached hydrogens (primary N) is 1. The maximum absolute atomic E-state index is 13.2. The number of benzene rings is 2. The average molecular weight is 584 g/mol. The number of rotatable bonds is 7. The van der Waals surface area contributed by atoms with Crippen molar-refractivity contribution in [3.63, 3.8) is 0 Å². The topological polar surface area (TPSA) is 120 Å². The van der Waals surface area contributed by atoms with Crippen LogP contribution in [-0.2, 0) is 11.8 Å². The predicted molar refractivity (Wildman–Crippen MR) is 170 cm³/mol. The molecule has 3 heterocycles. The van der Waals surface area contributed by atoms with E-state index in [2.05, 4.69) is 15.6 Å². The quantitative estimate of drug-likeness (QED) is 0.193. The summed E-state index contributed by atoms with van der Waals surface area (Å²) in [5.41, 5.74) is 10.5. The zero-order valence-corrected chi connectivity index (χ0v) is 25.0. The number of aryl methyl sites for hydroxylation is 1. The van der Waals surface area contributed by atoms with Gasteiger partial charge in [0.1, 0.15) is 22.9 Å². The summed E-state index contributed by atoms with van der Waals surface area (Å²) in [7, 11) is 3.44. The summed E-state index contributed by atoms with van der Waals surface area (Å²) in [4.78, 5) is 29.5. The minimum absolute atomic E-state index is 0.230. The van der Waals surface area contributed by atoms with E-state index in [4.69, 9.17) is 15.2 Å². The molecule has 10 heteroatoms. The molecule has 2 amide bonds. The summed E-state index contributed by atoms with van der Waals surface area (Å²) in [6, 6.07) is 15.4. The molecule has 0 aliphatic heterocycles. The van der Waals surface area contributed by atoms with Gasteiger partial charge in [-0.05, 0) is 56.0 Å². The summed E-state index contributed by atoms with van der Waals surface area (Å²) >= 11 is 1.55. The molecular weight excluding hydrogens is 550 g/mol. The smallest absolute Gasteiger partial charge is 0.407 e. The molecule has 0 bridgehead atoms. The number of nitrogens with zero attached hydrogens (tertiary/aromatic N) is 2. The van der Waals surface area contributed by atoms with Crippen molar-refractivity contribution < 1.29 is 19.1 Å². The van der Waals surface area contributed by atoms with Crippen molar-refractivity contribution in [1.82, 2.24) is 14.9 Å². The zero-order chi connectivity index (χ0) is 30.0. The number of para-hydroxylation sites is 1. The number of thiophene rings is 1. The molecule has 5 rings (SSSR count). The Hall–Kier alpha value is -4.83. The van der Waals surface area contributed by atoms with Gasteiger partial charge in [0, 0.05) is 51.9 Å².